The molecule has 3 fully saturated rings. The number of aryl methyl sites for hydroxylation is 1. The number of halogens is 5. The van der Waals surface area contributed by atoms with Crippen molar-refractivity contribution in [1.29, 1.82) is 0 Å². The van der Waals surface area contributed by atoms with Crippen LogP contribution in [0.15, 0.2) is 30.5 Å². The molecule has 5 rings (SSSR count). The van der Waals surface area contributed by atoms with Crippen molar-refractivity contribution in [2.45, 2.75) is 54.3 Å². The molecule has 6 nitrogen and oxygen atoms in total. The van der Waals surface area contributed by atoms with Gasteiger partial charge in [0.2, 0.25) is 5.91 Å². The Hall–Kier alpha value is -2.73. The van der Waals surface area contributed by atoms with Crippen molar-refractivity contribution in [3.05, 3.63) is 64.5 Å². The molecular formula is C27H29F5N4O2S. The van der Waals surface area contributed by atoms with E-state index in [0.717, 1.165) is 12.1 Å². The molecule has 1 saturated heterocycles. The zero-order valence-electron chi connectivity index (χ0n) is 21.7. The quantitative estimate of drug-likeness (QED) is 0.352. The van der Waals surface area contributed by atoms with Crippen LogP contribution in [0.2, 0.25) is 0 Å². The summed E-state index contributed by atoms with van der Waals surface area (Å²) >= 11 is 1.48. The minimum absolute atomic E-state index is 0.143. The van der Waals surface area contributed by atoms with Crippen LogP contribution >= 0.6 is 11.8 Å². The van der Waals surface area contributed by atoms with E-state index in [4.69, 9.17) is 5.73 Å². The molecule has 3 aliphatic rings. The summed E-state index contributed by atoms with van der Waals surface area (Å²) in [7, 11) is 3.60. The Kier molecular flexibility index (Phi) is 6.53. The molecule has 3 unspecified atom stereocenters. The predicted molar refractivity (Wildman–Crippen MR) is 136 cm³/mol. The fourth-order valence-corrected chi connectivity index (χ4v) is 7.99. The van der Waals surface area contributed by atoms with Gasteiger partial charge in [0, 0.05) is 35.5 Å². The van der Waals surface area contributed by atoms with E-state index in [-0.39, 0.29) is 24.6 Å². The van der Waals surface area contributed by atoms with Gasteiger partial charge in [-0.2, -0.15) is 13.2 Å². The highest BCUT2D eigenvalue weighted by Gasteiger charge is 2.89. The maximum Gasteiger partial charge on any atom is 0.393 e. The van der Waals surface area contributed by atoms with Gasteiger partial charge in [-0.25, -0.2) is 8.78 Å². The van der Waals surface area contributed by atoms with Crippen LogP contribution in [0.4, 0.5) is 22.0 Å². The first kappa shape index (κ1) is 27.8. The van der Waals surface area contributed by atoms with Crippen molar-refractivity contribution in [1.82, 2.24) is 15.2 Å². The fourth-order valence-electron chi connectivity index (χ4n) is 6.55. The number of nitrogens with two attached hydrogens (primary N) is 1. The largest absolute Gasteiger partial charge is 0.393 e. The summed E-state index contributed by atoms with van der Waals surface area (Å²) in [5.41, 5.74) is 3.40. The molecule has 1 aromatic heterocycles. The van der Waals surface area contributed by atoms with E-state index in [9.17, 15) is 31.5 Å². The van der Waals surface area contributed by atoms with E-state index in [2.05, 4.69) is 10.3 Å². The molecule has 1 aliphatic heterocycles. The number of nitrogens with one attached hydrogen (secondary N) is 1. The lowest BCUT2D eigenvalue weighted by molar-refractivity contribution is -0.156. The molecule has 1 spiro atoms. The zero-order valence-corrected chi connectivity index (χ0v) is 22.5. The van der Waals surface area contributed by atoms with Crippen LogP contribution in [0.3, 0.4) is 0 Å². The molecule has 0 bridgehead atoms. The summed E-state index contributed by atoms with van der Waals surface area (Å²) in [6.07, 6.45) is -2.18. The second kappa shape index (κ2) is 9.15. The number of alkyl halides is 3. The van der Waals surface area contributed by atoms with Gasteiger partial charge < -0.3 is 11.1 Å². The molecule has 2 aliphatic carbocycles. The van der Waals surface area contributed by atoms with Crippen LogP contribution in [-0.4, -0.2) is 58.6 Å². The van der Waals surface area contributed by atoms with E-state index < -0.39 is 56.8 Å². The molecule has 2 heterocycles. The number of likely N-dealkylation sites (N-methyl/N-ethyl adjacent to an activating group) is 1. The topological polar surface area (TPSA) is 88.3 Å². The summed E-state index contributed by atoms with van der Waals surface area (Å²) in [5, 5.41) is 2.69. The maximum absolute atomic E-state index is 14.2. The minimum atomic E-state index is -4.43. The van der Waals surface area contributed by atoms with Crippen molar-refractivity contribution in [3.63, 3.8) is 0 Å². The number of rotatable bonds is 9. The average molecular weight is 569 g/mol. The SMILES string of the molecule is Cc1ccc(C2(CC(=O)NC[C@@]3(N(C)C)SC3Cc3cc(F)c(C(N)=O)c(F)c3)C(C(F)(F)F)C23CC3)cn1. The summed E-state index contributed by atoms with van der Waals surface area (Å²) in [6, 6.07) is 5.46. The molecule has 210 valence electrons. The lowest BCUT2D eigenvalue weighted by Crippen LogP contribution is -2.45. The van der Waals surface area contributed by atoms with E-state index in [0.29, 0.717) is 29.7 Å². The Morgan fingerprint density at radius 1 is 1.18 bits per heavy atom. The average Bonchev–Trinajstić information content (AvgIpc) is 3.74. The van der Waals surface area contributed by atoms with Crippen LogP contribution in [0.25, 0.3) is 0 Å². The van der Waals surface area contributed by atoms with Crippen LogP contribution in [0.1, 0.15) is 46.4 Å². The van der Waals surface area contributed by atoms with Gasteiger partial charge in [-0.3, -0.25) is 19.5 Å². The molecular weight excluding hydrogens is 539 g/mol. The number of carbonyl (C=O) groups is 2. The van der Waals surface area contributed by atoms with Gasteiger partial charge in [0.1, 0.15) is 17.2 Å². The standard InChI is InChI=1S/C27H29F5N4O2S/c1-14-4-5-16(12-34-14)25(23(27(30,31)32)24(25)6-7-24)11-20(37)35-13-26(36(2)3)19(39-26)10-15-8-17(28)21(22(33)38)18(29)9-15/h4-5,8-9,12,19,23H,6-7,10-11,13H2,1-3H3,(H2,33,38)(H,35,37)/t19?,23?,25?,26-/m1/s1. The van der Waals surface area contributed by atoms with E-state index in [1.54, 1.807) is 33.2 Å². The number of benzene rings is 1. The first-order valence-electron chi connectivity index (χ1n) is 12.6. The Morgan fingerprint density at radius 3 is 2.28 bits per heavy atom. The fraction of sp³-hybridized carbons (Fsp3) is 0.519. The van der Waals surface area contributed by atoms with Crippen LogP contribution in [-0.2, 0) is 16.6 Å². The maximum atomic E-state index is 14.2. The third-order valence-electron chi connectivity index (χ3n) is 8.69. The first-order valence-corrected chi connectivity index (χ1v) is 13.5. The summed E-state index contributed by atoms with van der Waals surface area (Å²) in [4.78, 5) is 30.0. The van der Waals surface area contributed by atoms with Gasteiger partial charge in [-0.05, 0) is 75.0 Å². The monoisotopic (exact) mass is 568 g/mol. The number of amides is 2. The molecule has 3 N–H and O–H groups in total. The molecule has 4 atom stereocenters. The molecule has 39 heavy (non-hydrogen) atoms. The number of hydrogen-bond donors (Lipinski definition) is 2. The van der Waals surface area contributed by atoms with Crippen molar-refractivity contribution < 1.29 is 31.5 Å². The molecule has 2 amide bonds. The van der Waals surface area contributed by atoms with Gasteiger partial charge in [0.25, 0.3) is 5.91 Å². The zero-order chi connectivity index (χ0) is 28.5. The van der Waals surface area contributed by atoms with Gasteiger partial charge in [-0.1, -0.05) is 6.07 Å². The minimum Gasteiger partial charge on any atom is -0.365 e. The molecule has 2 saturated carbocycles. The number of carbonyl (C=O) groups excluding carboxylic acids is 2. The Labute approximate surface area is 226 Å². The van der Waals surface area contributed by atoms with Crippen molar-refractivity contribution in [2.24, 2.45) is 17.1 Å². The van der Waals surface area contributed by atoms with Gasteiger partial charge in [0.05, 0.1) is 10.8 Å². The van der Waals surface area contributed by atoms with Crippen molar-refractivity contribution in [2.75, 3.05) is 20.6 Å². The van der Waals surface area contributed by atoms with Gasteiger partial charge in [-0.15, -0.1) is 11.8 Å². The number of primary amides is 1. The Balaban J connectivity index is 1.30. The number of thioether (sulfide) groups is 1. The Bertz CT molecular complexity index is 1310. The molecule has 2 aromatic rings. The molecule has 1 aromatic carbocycles. The number of aromatic nitrogens is 1. The number of hydrogen-bond acceptors (Lipinski definition) is 5. The summed E-state index contributed by atoms with van der Waals surface area (Å²) in [5.74, 6) is -5.35. The summed E-state index contributed by atoms with van der Waals surface area (Å²) in [6.45, 7) is 1.90. The van der Waals surface area contributed by atoms with Crippen molar-refractivity contribution in [3.8, 4) is 0 Å². The lowest BCUT2D eigenvalue weighted by Gasteiger charge is -2.25. The van der Waals surface area contributed by atoms with Crippen molar-refractivity contribution >= 4 is 23.6 Å². The third kappa shape index (κ3) is 4.49. The smallest absolute Gasteiger partial charge is 0.365 e. The third-order valence-corrected chi connectivity index (χ3v) is 10.5. The Morgan fingerprint density at radius 2 is 1.82 bits per heavy atom. The normalized spacial score (nSPS) is 28.4. The number of pyridine rings is 1. The van der Waals surface area contributed by atoms with E-state index in [1.165, 1.54) is 18.0 Å². The highest BCUT2D eigenvalue weighted by Crippen LogP contribution is 2.86. The number of nitrogens with zero attached hydrogens (tertiary/aromatic N) is 2. The van der Waals surface area contributed by atoms with Crippen LogP contribution < -0.4 is 11.1 Å². The van der Waals surface area contributed by atoms with Gasteiger partial charge >= 0.3 is 6.18 Å². The second-order valence-electron chi connectivity index (χ2n) is 11.1. The highest BCUT2D eigenvalue weighted by atomic mass is 32.2. The van der Waals surface area contributed by atoms with Gasteiger partial charge in [0.15, 0.2) is 0 Å². The predicted octanol–water partition coefficient (Wildman–Crippen LogP) is 4.10. The van der Waals surface area contributed by atoms with Crippen LogP contribution in [0, 0.1) is 29.9 Å². The van der Waals surface area contributed by atoms with E-state index >= 15 is 0 Å². The highest BCUT2D eigenvalue weighted by molar-refractivity contribution is 8.08. The summed E-state index contributed by atoms with van der Waals surface area (Å²) < 4.78 is 70.9. The molecule has 12 heteroatoms. The van der Waals surface area contributed by atoms with E-state index in [1.807, 2.05) is 4.90 Å². The lowest BCUT2D eigenvalue weighted by atomic mass is 9.87. The second-order valence-corrected chi connectivity index (χ2v) is 12.6. The first-order chi connectivity index (χ1) is 18.2. The van der Waals surface area contributed by atoms with Crippen LogP contribution in [0.5, 0.6) is 0 Å². The molecule has 0 radical (unpaired) electrons.